The maximum absolute atomic E-state index is 5.92. The first-order valence-corrected chi connectivity index (χ1v) is 7.08. The molecule has 0 bridgehead atoms. The van der Waals surface area contributed by atoms with E-state index in [1.165, 1.54) is 5.56 Å². The van der Waals surface area contributed by atoms with Crippen molar-refractivity contribution in [3.63, 3.8) is 0 Å². The SMILES string of the molecule is CCc1ncc2cc(-c3cc(N)ccc3C)c(C)nc2n1. The monoisotopic (exact) mass is 278 g/mol. The minimum atomic E-state index is 0.754. The molecule has 3 rings (SSSR count). The van der Waals surface area contributed by atoms with E-state index < -0.39 is 0 Å². The fourth-order valence-electron chi connectivity index (χ4n) is 2.46. The Morgan fingerprint density at radius 2 is 1.86 bits per heavy atom. The van der Waals surface area contributed by atoms with Crippen LogP contribution in [0.4, 0.5) is 5.69 Å². The molecular formula is C17H18N4. The van der Waals surface area contributed by atoms with Crippen LogP contribution in [0.3, 0.4) is 0 Å². The summed E-state index contributed by atoms with van der Waals surface area (Å²) >= 11 is 0. The number of nitrogens with zero attached hydrogens (tertiary/aromatic N) is 3. The number of rotatable bonds is 2. The second-order valence-electron chi connectivity index (χ2n) is 5.25. The van der Waals surface area contributed by atoms with Crippen molar-refractivity contribution in [3.05, 3.63) is 47.5 Å². The second-order valence-corrected chi connectivity index (χ2v) is 5.25. The van der Waals surface area contributed by atoms with E-state index in [1.54, 1.807) is 0 Å². The molecule has 2 N–H and O–H groups in total. The van der Waals surface area contributed by atoms with Crippen LogP contribution >= 0.6 is 0 Å². The van der Waals surface area contributed by atoms with E-state index in [4.69, 9.17) is 5.73 Å². The van der Waals surface area contributed by atoms with Gasteiger partial charge in [0.15, 0.2) is 5.65 Å². The van der Waals surface area contributed by atoms with Crippen molar-refractivity contribution in [2.75, 3.05) is 5.73 Å². The van der Waals surface area contributed by atoms with E-state index in [0.717, 1.165) is 45.8 Å². The smallest absolute Gasteiger partial charge is 0.163 e. The van der Waals surface area contributed by atoms with E-state index in [-0.39, 0.29) is 0 Å². The molecule has 1 aromatic carbocycles. The third-order valence-electron chi connectivity index (χ3n) is 3.68. The van der Waals surface area contributed by atoms with E-state index in [0.29, 0.717) is 0 Å². The molecule has 3 aromatic rings. The second kappa shape index (κ2) is 5.13. The van der Waals surface area contributed by atoms with Gasteiger partial charge in [0.25, 0.3) is 0 Å². The fraction of sp³-hybridized carbons (Fsp3) is 0.235. The summed E-state index contributed by atoms with van der Waals surface area (Å²) in [4.78, 5) is 13.5. The first-order valence-electron chi connectivity index (χ1n) is 7.08. The van der Waals surface area contributed by atoms with Crippen molar-refractivity contribution in [3.8, 4) is 11.1 Å². The molecule has 0 unspecified atom stereocenters. The number of fused-ring (bicyclic) bond motifs is 1. The highest BCUT2D eigenvalue weighted by Crippen LogP contribution is 2.29. The minimum absolute atomic E-state index is 0.754. The molecular weight excluding hydrogens is 260 g/mol. The van der Waals surface area contributed by atoms with Crippen LogP contribution < -0.4 is 5.73 Å². The lowest BCUT2D eigenvalue weighted by molar-refractivity contribution is 0.951. The van der Waals surface area contributed by atoms with Crippen LogP contribution in [-0.2, 0) is 6.42 Å². The van der Waals surface area contributed by atoms with Gasteiger partial charge >= 0.3 is 0 Å². The Balaban J connectivity index is 2.24. The highest BCUT2D eigenvalue weighted by molar-refractivity contribution is 5.83. The van der Waals surface area contributed by atoms with Gasteiger partial charge in [0, 0.05) is 34.9 Å². The first kappa shape index (κ1) is 13.5. The molecule has 4 heteroatoms. The van der Waals surface area contributed by atoms with Crippen LogP contribution in [0, 0.1) is 13.8 Å². The number of anilines is 1. The highest BCUT2D eigenvalue weighted by Gasteiger charge is 2.10. The van der Waals surface area contributed by atoms with Crippen molar-refractivity contribution in [1.82, 2.24) is 15.0 Å². The number of pyridine rings is 1. The lowest BCUT2D eigenvalue weighted by atomic mass is 9.98. The van der Waals surface area contributed by atoms with E-state index >= 15 is 0 Å². The zero-order valence-corrected chi connectivity index (χ0v) is 12.5. The van der Waals surface area contributed by atoms with Gasteiger partial charge in [0.1, 0.15) is 5.82 Å². The van der Waals surface area contributed by atoms with Gasteiger partial charge in [-0.2, -0.15) is 0 Å². The normalized spacial score (nSPS) is 11.0. The van der Waals surface area contributed by atoms with Crippen LogP contribution in [0.25, 0.3) is 22.2 Å². The van der Waals surface area contributed by atoms with E-state index in [1.807, 2.05) is 38.2 Å². The zero-order valence-electron chi connectivity index (χ0n) is 12.5. The summed E-state index contributed by atoms with van der Waals surface area (Å²) in [5, 5.41) is 0.953. The standard InChI is InChI=1S/C17H18N4/c1-4-16-19-9-12-7-15(11(3)20-17(12)21-16)14-8-13(18)6-5-10(14)2/h5-9H,4,18H2,1-3H3. The lowest BCUT2D eigenvalue weighted by Crippen LogP contribution is -1.98. The summed E-state index contributed by atoms with van der Waals surface area (Å²) in [6.07, 6.45) is 2.66. The molecule has 0 fully saturated rings. The number of benzene rings is 1. The third kappa shape index (κ3) is 2.44. The number of nitrogen functional groups attached to an aromatic ring is 1. The average Bonchev–Trinajstić information content (AvgIpc) is 2.48. The van der Waals surface area contributed by atoms with Gasteiger partial charge in [-0.3, -0.25) is 0 Å². The molecule has 0 atom stereocenters. The maximum Gasteiger partial charge on any atom is 0.163 e. The van der Waals surface area contributed by atoms with Gasteiger partial charge in [-0.25, -0.2) is 15.0 Å². The summed E-state index contributed by atoms with van der Waals surface area (Å²) in [7, 11) is 0. The van der Waals surface area contributed by atoms with Gasteiger partial charge in [0.05, 0.1) is 0 Å². The van der Waals surface area contributed by atoms with E-state index in [2.05, 4.69) is 27.9 Å². The predicted molar refractivity (Wildman–Crippen MR) is 86.0 cm³/mol. The summed E-state index contributed by atoms with van der Waals surface area (Å²) in [6, 6.07) is 8.04. The largest absolute Gasteiger partial charge is 0.399 e. The molecule has 0 aliphatic carbocycles. The summed E-state index contributed by atoms with van der Waals surface area (Å²) in [5.74, 6) is 0.822. The van der Waals surface area contributed by atoms with Crippen molar-refractivity contribution >= 4 is 16.7 Å². The number of nitrogens with two attached hydrogens (primary N) is 1. The molecule has 2 heterocycles. The Bertz CT molecular complexity index is 824. The van der Waals surface area contributed by atoms with Gasteiger partial charge in [0.2, 0.25) is 0 Å². The van der Waals surface area contributed by atoms with Crippen molar-refractivity contribution in [2.45, 2.75) is 27.2 Å². The van der Waals surface area contributed by atoms with Gasteiger partial charge in [-0.15, -0.1) is 0 Å². The first-order chi connectivity index (χ1) is 10.1. The Labute approximate surface area is 124 Å². The van der Waals surface area contributed by atoms with Crippen LogP contribution in [0.2, 0.25) is 0 Å². The Morgan fingerprint density at radius 1 is 1.05 bits per heavy atom. The number of aromatic nitrogens is 3. The molecule has 0 saturated carbocycles. The van der Waals surface area contributed by atoms with Gasteiger partial charge in [-0.05, 0) is 43.2 Å². The molecule has 0 saturated heterocycles. The quantitative estimate of drug-likeness (QED) is 0.729. The molecule has 0 amide bonds. The van der Waals surface area contributed by atoms with Gasteiger partial charge in [-0.1, -0.05) is 13.0 Å². The number of aryl methyl sites for hydroxylation is 3. The Hall–Kier alpha value is -2.49. The predicted octanol–water partition coefficient (Wildman–Crippen LogP) is 3.45. The van der Waals surface area contributed by atoms with Crippen LogP contribution in [0.1, 0.15) is 24.0 Å². The van der Waals surface area contributed by atoms with Crippen LogP contribution in [0.5, 0.6) is 0 Å². The molecule has 21 heavy (non-hydrogen) atoms. The minimum Gasteiger partial charge on any atom is -0.399 e. The molecule has 0 aliphatic rings. The van der Waals surface area contributed by atoms with Crippen molar-refractivity contribution in [1.29, 1.82) is 0 Å². The van der Waals surface area contributed by atoms with Crippen LogP contribution in [0.15, 0.2) is 30.5 Å². The van der Waals surface area contributed by atoms with Crippen LogP contribution in [-0.4, -0.2) is 15.0 Å². The fourth-order valence-corrected chi connectivity index (χ4v) is 2.46. The average molecular weight is 278 g/mol. The highest BCUT2D eigenvalue weighted by atomic mass is 14.9. The summed E-state index contributed by atoms with van der Waals surface area (Å²) in [5.41, 5.74) is 11.8. The molecule has 4 nitrogen and oxygen atoms in total. The number of hydrogen-bond donors (Lipinski definition) is 1. The lowest BCUT2D eigenvalue weighted by Gasteiger charge is -2.11. The van der Waals surface area contributed by atoms with Gasteiger partial charge < -0.3 is 5.73 Å². The molecule has 0 spiro atoms. The maximum atomic E-state index is 5.92. The topological polar surface area (TPSA) is 64.7 Å². The van der Waals surface area contributed by atoms with Crippen molar-refractivity contribution in [2.24, 2.45) is 0 Å². The molecule has 0 radical (unpaired) electrons. The molecule has 0 aliphatic heterocycles. The zero-order chi connectivity index (χ0) is 15.0. The number of hydrogen-bond acceptors (Lipinski definition) is 4. The Morgan fingerprint density at radius 3 is 2.62 bits per heavy atom. The van der Waals surface area contributed by atoms with E-state index in [9.17, 15) is 0 Å². The molecule has 106 valence electrons. The Kier molecular flexibility index (Phi) is 3.29. The molecule has 2 aromatic heterocycles. The summed E-state index contributed by atoms with van der Waals surface area (Å²) in [6.45, 7) is 6.12. The third-order valence-corrected chi connectivity index (χ3v) is 3.68. The van der Waals surface area contributed by atoms with Crippen molar-refractivity contribution < 1.29 is 0 Å². The summed E-state index contributed by atoms with van der Waals surface area (Å²) < 4.78 is 0.